The molecule has 2 N–H and O–H groups in total. The third-order valence-electron chi connectivity index (χ3n) is 5.41. The zero-order valence-electron chi connectivity index (χ0n) is 20.2. The van der Waals surface area contributed by atoms with Crippen LogP contribution in [0.4, 0.5) is 10.2 Å². The van der Waals surface area contributed by atoms with Gasteiger partial charge in [0.2, 0.25) is 10.0 Å². The minimum Gasteiger partial charge on any atom is -0.496 e. The van der Waals surface area contributed by atoms with Crippen molar-refractivity contribution in [1.82, 2.24) is 19.5 Å². The number of nitrogens with zero attached hydrogens (tertiary/aromatic N) is 3. The quantitative estimate of drug-likeness (QED) is 0.419. The Hall–Kier alpha value is -4.06. The molecule has 4 rings (SSSR count). The van der Waals surface area contributed by atoms with Gasteiger partial charge >= 0.3 is 5.69 Å². The normalized spacial score (nSPS) is 12.1. The van der Waals surface area contributed by atoms with Crippen LogP contribution in [0.1, 0.15) is 26.3 Å². The first-order chi connectivity index (χ1) is 16.8. The number of hydrogen-bond donors (Lipinski definition) is 2. The molecule has 0 aliphatic heterocycles. The first-order valence-electron chi connectivity index (χ1n) is 10.8. The highest BCUT2D eigenvalue weighted by molar-refractivity contribution is 7.92. The number of benzene rings is 2. The van der Waals surface area contributed by atoms with E-state index in [0.29, 0.717) is 22.2 Å². The fourth-order valence-corrected chi connectivity index (χ4v) is 4.32. The molecule has 0 amide bonds. The van der Waals surface area contributed by atoms with Crippen LogP contribution in [0.5, 0.6) is 5.75 Å². The lowest BCUT2D eigenvalue weighted by Gasteiger charge is -2.26. The van der Waals surface area contributed by atoms with E-state index in [1.165, 1.54) is 25.6 Å². The summed E-state index contributed by atoms with van der Waals surface area (Å²) in [5.41, 5.74) is -0.0409. The third kappa shape index (κ3) is 4.85. The zero-order chi connectivity index (χ0) is 26.4. The topological polar surface area (TPSA) is 136 Å². The molecule has 0 aliphatic rings. The Morgan fingerprint density at radius 1 is 1.11 bits per heavy atom. The number of halogens is 1. The van der Waals surface area contributed by atoms with Gasteiger partial charge in [-0.3, -0.25) is 24.1 Å². The number of anilines is 1. The molecule has 0 saturated heterocycles. The minimum absolute atomic E-state index is 0.0518. The lowest BCUT2D eigenvalue weighted by molar-refractivity contribution is 0.396. The van der Waals surface area contributed by atoms with Crippen LogP contribution in [0.25, 0.3) is 27.8 Å². The van der Waals surface area contributed by atoms with Gasteiger partial charge in [0.25, 0.3) is 5.56 Å². The van der Waals surface area contributed by atoms with E-state index in [0.717, 1.165) is 16.9 Å². The van der Waals surface area contributed by atoms with Crippen molar-refractivity contribution < 1.29 is 17.5 Å². The van der Waals surface area contributed by atoms with Crippen molar-refractivity contribution >= 4 is 26.9 Å². The molecule has 0 unspecified atom stereocenters. The van der Waals surface area contributed by atoms with E-state index < -0.39 is 32.5 Å². The molecular formula is C24H24FN5O5S. The van der Waals surface area contributed by atoms with E-state index in [2.05, 4.69) is 19.7 Å². The lowest BCUT2D eigenvalue weighted by atomic mass is 9.83. The van der Waals surface area contributed by atoms with Crippen LogP contribution in [0.3, 0.4) is 0 Å². The summed E-state index contributed by atoms with van der Waals surface area (Å²) in [6.07, 6.45) is 3.48. The monoisotopic (exact) mass is 513 g/mol. The fraction of sp³-hybridized carbons (Fsp3) is 0.250. The molecule has 2 aromatic carbocycles. The molecule has 2 aromatic heterocycles. The van der Waals surface area contributed by atoms with Crippen molar-refractivity contribution in [1.29, 1.82) is 0 Å². The van der Waals surface area contributed by atoms with Gasteiger partial charge in [0, 0.05) is 17.8 Å². The van der Waals surface area contributed by atoms with E-state index in [-0.39, 0.29) is 22.8 Å². The fourth-order valence-electron chi connectivity index (χ4n) is 3.84. The van der Waals surface area contributed by atoms with Gasteiger partial charge in [0.1, 0.15) is 5.75 Å². The Morgan fingerprint density at radius 2 is 1.83 bits per heavy atom. The van der Waals surface area contributed by atoms with Crippen molar-refractivity contribution in [3.8, 4) is 22.6 Å². The molecule has 0 fully saturated rings. The largest absolute Gasteiger partial charge is 0.496 e. The Bertz CT molecular complexity index is 1720. The number of fused-ring (bicyclic) bond motifs is 1. The van der Waals surface area contributed by atoms with Gasteiger partial charge in [-0.2, -0.15) is 0 Å². The first-order valence-corrected chi connectivity index (χ1v) is 12.7. The second kappa shape index (κ2) is 8.86. The molecule has 12 heteroatoms. The number of rotatable bonds is 5. The number of hydrogen-bond acceptors (Lipinski definition) is 7. The average Bonchev–Trinajstić information content (AvgIpc) is 2.77. The van der Waals surface area contributed by atoms with Crippen LogP contribution >= 0.6 is 0 Å². The molecule has 4 aromatic rings. The Kier molecular flexibility index (Phi) is 6.17. The highest BCUT2D eigenvalue weighted by Gasteiger charge is 2.28. The smallest absolute Gasteiger partial charge is 0.333 e. The molecule has 0 spiro atoms. The van der Waals surface area contributed by atoms with E-state index in [4.69, 9.17) is 4.74 Å². The van der Waals surface area contributed by atoms with Gasteiger partial charge in [0.15, 0.2) is 11.6 Å². The van der Waals surface area contributed by atoms with E-state index in [1.807, 2.05) is 20.8 Å². The molecule has 0 saturated carbocycles. The molecule has 36 heavy (non-hydrogen) atoms. The molecule has 0 atom stereocenters. The number of ether oxygens (including phenoxy) is 1. The molecule has 0 bridgehead atoms. The van der Waals surface area contributed by atoms with Gasteiger partial charge in [0.05, 0.1) is 41.8 Å². The highest BCUT2D eigenvalue weighted by Crippen LogP contribution is 2.43. The summed E-state index contributed by atoms with van der Waals surface area (Å²) >= 11 is 0. The average molecular weight is 514 g/mol. The van der Waals surface area contributed by atoms with Crippen molar-refractivity contribution in [2.75, 3.05) is 18.1 Å². The number of H-pyrrole nitrogens is 1. The number of sulfonamides is 1. The van der Waals surface area contributed by atoms with E-state index >= 15 is 4.39 Å². The Morgan fingerprint density at radius 3 is 2.44 bits per heavy atom. The molecule has 188 valence electrons. The lowest BCUT2D eigenvalue weighted by Crippen LogP contribution is -2.28. The second-order valence-corrected chi connectivity index (χ2v) is 11.0. The maximum absolute atomic E-state index is 16.1. The van der Waals surface area contributed by atoms with Crippen molar-refractivity contribution in [3.05, 3.63) is 74.9 Å². The first kappa shape index (κ1) is 25.0. The highest BCUT2D eigenvalue weighted by atomic mass is 32.2. The third-order valence-corrected chi connectivity index (χ3v) is 5.99. The zero-order valence-corrected chi connectivity index (χ0v) is 21.0. The predicted molar refractivity (Wildman–Crippen MR) is 135 cm³/mol. The van der Waals surface area contributed by atoms with Crippen LogP contribution in [0.2, 0.25) is 0 Å². The van der Waals surface area contributed by atoms with E-state index in [9.17, 15) is 18.0 Å². The van der Waals surface area contributed by atoms with Crippen LogP contribution in [0.15, 0.2) is 52.3 Å². The van der Waals surface area contributed by atoms with Crippen LogP contribution in [0, 0.1) is 5.82 Å². The Balaban J connectivity index is 2.00. The maximum Gasteiger partial charge on any atom is 0.333 e. The van der Waals surface area contributed by atoms with Crippen LogP contribution < -0.4 is 20.7 Å². The second-order valence-electron chi connectivity index (χ2n) is 9.23. The van der Waals surface area contributed by atoms with Gasteiger partial charge < -0.3 is 4.74 Å². The predicted octanol–water partition coefficient (Wildman–Crippen LogP) is 2.95. The standard InChI is InChI=1S/C24H24FN5O5S/c1-24(2,3)14-11-17(30-9-8-19(31)28-23(30)32)21(25)20(22(14)35-4)13-6-7-15-16(10-13)26-12-18(27-15)29-36(5,33)34/h6-12H,1-5H3,(H,27,29)(H,28,31,32). The Labute approximate surface area is 205 Å². The molecule has 10 nitrogen and oxygen atoms in total. The summed E-state index contributed by atoms with van der Waals surface area (Å²) in [4.78, 5) is 34.7. The van der Waals surface area contributed by atoms with Crippen LogP contribution in [-0.2, 0) is 15.4 Å². The molecule has 2 heterocycles. The molecule has 0 aliphatic carbocycles. The van der Waals surface area contributed by atoms with Gasteiger partial charge in [-0.05, 0) is 29.2 Å². The number of methoxy groups -OCH3 is 1. The minimum atomic E-state index is -3.54. The summed E-state index contributed by atoms with van der Waals surface area (Å²) in [6.45, 7) is 5.77. The summed E-state index contributed by atoms with van der Waals surface area (Å²) in [5, 5.41) is 0. The number of aromatic nitrogens is 4. The van der Waals surface area contributed by atoms with Gasteiger partial charge in [-0.15, -0.1) is 0 Å². The summed E-state index contributed by atoms with van der Waals surface area (Å²) < 4.78 is 48.1. The number of nitrogens with one attached hydrogen (secondary N) is 2. The summed E-state index contributed by atoms with van der Waals surface area (Å²) in [7, 11) is -2.10. The number of aromatic amines is 1. The summed E-state index contributed by atoms with van der Waals surface area (Å²) in [6, 6.07) is 7.45. The molecule has 0 radical (unpaired) electrons. The maximum atomic E-state index is 16.1. The van der Waals surface area contributed by atoms with Crippen molar-refractivity contribution in [3.63, 3.8) is 0 Å². The molecular weight excluding hydrogens is 489 g/mol. The van der Waals surface area contributed by atoms with Crippen LogP contribution in [-0.4, -0.2) is 41.3 Å². The van der Waals surface area contributed by atoms with Crippen molar-refractivity contribution in [2.45, 2.75) is 26.2 Å². The summed E-state index contributed by atoms with van der Waals surface area (Å²) in [5.74, 6) is -0.406. The van der Waals surface area contributed by atoms with E-state index in [1.54, 1.807) is 18.2 Å². The van der Waals surface area contributed by atoms with Crippen molar-refractivity contribution in [2.24, 2.45) is 0 Å². The SMILES string of the molecule is COc1c(C(C)(C)C)cc(-n2ccc(=O)[nH]c2=O)c(F)c1-c1ccc2nc(NS(C)(=O)=O)cnc2c1. The van der Waals surface area contributed by atoms with Gasteiger partial charge in [-0.1, -0.05) is 26.8 Å². The van der Waals surface area contributed by atoms with Gasteiger partial charge in [-0.25, -0.2) is 22.6 Å².